The second kappa shape index (κ2) is 11.8. The summed E-state index contributed by atoms with van der Waals surface area (Å²) in [6, 6.07) is 29.9. The standard InChI is InChI=1S/C33H34N2O5Si/c1-41(2,3)20-19-24-22-35(32(38)34-31(24)37)30-21-28(36)29(40-30)23-39-33(25-13-7-4-8-14-25,26-15-9-5-10-16-26)27-17-11-6-12-18-27/h4-18,22,28-30,36H,21,23H2,1-3H3,(H,34,37,38). The lowest BCUT2D eigenvalue weighted by Gasteiger charge is -2.37. The smallest absolute Gasteiger partial charge is 0.330 e. The minimum atomic E-state index is -1.75. The van der Waals surface area contributed by atoms with E-state index < -0.39 is 43.4 Å². The highest BCUT2D eigenvalue weighted by Crippen LogP contribution is 2.41. The molecule has 0 bridgehead atoms. The molecule has 5 rings (SSSR count). The van der Waals surface area contributed by atoms with E-state index in [1.54, 1.807) is 0 Å². The first-order chi connectivity index (χ1) is 19.7. The van der Waals surface area contributed by atoms with Gasteiger partial charge in [-0.2, -0.15) is 0 Å². The lowest BCUT2D eigenvalue weighted by atomic mass is 9.80. The van der Waals surface area contributed by atoms with Gasteiger partial charge in [0, 0.05) is 12.6 Å². The lowest BCUT2D eigenvalue weighted by Crippen LogP contribution is -2.38. The molecule has 1 saturated heterocycles. The first-order valence-corrected chi connectivity index (χ1v) is 17.2. The normalized spacial score (nSPS) is 19.0. The monoisotopic (exact) mass is 566 g/mol. The molecule has 0 amide bonds. The number of aliphatic hydroxyl groups is 1. The van der Waals surface area contributed by atoms with E-state index in [0.717, 1.165) is 16.7 Å². The third-order valence-corrected chi connectivity index (χ3v) is 7.93. The summed E-state index contributed by atoms with van der Waals surface area (Å²) >= 11 is 0. The highest BCUT2D eigenvalue weighted by molar-refractivity contribution is 6.83. The number of hydrogen-bond acceptors (Lipinski definition) is 5. The van der Waals surface area contributed by atoms with Crippen LogP contribution < -0.4 is 11.2 Å². The molecule has 41 heavy (non-hydrogen) atoms. The van der Waals surface area contributed by atoms with Gasteiger partial charge in [-0.1, -0.05) is 117 Å². The molecule has 2 heterocycles. The van der Waals surface area contributed by atoms with Gasteiger partial charge in [0.25, 0.3) is 5.56 Å². The van der Waals surface area contributed by atoms with Crippen LogP contribution in [-0.4, -0.2) is 41.5 Å². The predicted molar refractivity (Wildman–Crippen MR) is 161 cm³/mol. The third-order valence-electron chi connectivity index (χ3n) is 7.06. The number of aromatic nitrogens is 2. The number of aromatic amines is 1. The van der Waals surface area contributed by atoms with Crippen LogP contribution in [0.15, 0.2) is 107 Å². The molecule has 0 radical (unpaired) electrons. The van der Waals surface area contributed by atoms with Gasteiger partial charge in [-0.3, -0.25) is 14.3 Å². The van der Waals surface area contributed by atoms with Crippen LogP contribution in [0.4, 0.5) is 0 Å². The van der Waals surface area contributed by atoms with Crippen molar-refractivity contribution in [3.8, 4) is 11.5 Å². The zero-order valence-electron chi connectivity index (χ0n) is 23.4. The van der Waals surface area contributed by atoms with E-state index >= 15 is 0 Å². The van der Waals surface area contributed by atoms with Crippen LogP contribution in [0.5, 0.6) is 0 Å². The van der Waals surface area contributed by atoms with E-state index in [9.17, 15) is 14.7 Å². The Balaban J connectivity index is 1.47. The minimum Gasteiger partial charge on any atom is -0.390 e. The molecule has 1 fully saturated rings. The van der Waals surface area contributed by atoms with Crippen molar-refractivity contribution in [2.75, 3.05) is 6.61 Å². The van der Waals surface area contributed by atoms with Crippen molar-refractivity contribution < 1.29 is 14.6 Å². The van der Waals surface area contributed by atoms with Crippen molar-refractivity contribution in [3.05, 3.63) is 140 Å². The average Bonchev–Trinajstić information content (AvgIpc) is 3.34. The Labute approximate surface area is 240 Å². The van der Waals surface area contributed by atoms with Crippen molar-refractivity contribution >= 4 is 8.07 Å². The molecule has 4 aromatic rings. The number of nitrogens with one attached hydrogen (secondary N) is 1. The fraction of sp³-hybridized carbons (Fsp3) is 0.273. The number of rotatable bonds is 7. The van der Waals surface area contributed by atoms with Gasteiger partial charge in [-0.15, -0.1) is 5.54 Å². The van der Waals surface area contributed by atoms with Crippen LogP contribution in [0, 0.1) is 11.5 Å². The van der Waals surface area contributed by atoms with Gasteiger partial charge in [0.1, 0.15) is 31.6 Å². The fourth-order valence-electron chi connectivity index (χ4n) is 5.05. The molecule has 0 spiro atoms. The molecule has 2 N–H and O–H groups in total. The number of benzene rings is 3. The molecule has 210 valence electrons. The minimum absolute atomic E-state index is 0.0523. The zero-order chi connectivity index (χ0) is 29.0. The number of aliphatic hydroxyl groups excluding tert-OH is 1. The second-order valence-corrected chi connectivity index (χ2v) is 16.0. The van der Waals surface area contributed by atoms with Gasteiger partial charge in [0.15, 0.2) is 0 Å². The molecular weight excluding hydrogens is 532 g/mol. The van der Waals surface area contributed by atoms with Crippen molar-refractivity contribution in [1.82, 2.24) is 9.55 Å². The lowest BCUT2D eigenvalue weighted by molar-refractivity contribution is -0.0944. The van der Waals surface area contributed by atoms with Crippen LogP contribution in [0.2, 0.25) is 19.6 Å². The van der Waals surface area contributed by atoms with E-state index in [2.05, 4.69) is 36.1 Å². The Morgan fingerprint density at radius 2 is 1.44 bits per heavy atom. The fourth-order valence-corrected chi connectivity index (χ4v) is 5.56. The molecule has 3 atom stereocenters. The van der Waals surface area contributed by atoms with E-state index in [0.29, 0.717) is 0 Å². The average molecular weight is 567 g/mol. The molecular formula is C33H34N2O5Si. The maximum Gasteiger partial charge on any atom is 0.330 e. The molecule has 0 saturated carbocycles. The van der Waals surface area contributed by atoms with Crippen molar-refractivity contribution in [2.45, 2.75) is 50.1 Å². The summed E-state index contributed by atoms with van der Waals surface area (Å²) in [7, 11) is -1.75. The quantitative estimate of drug-likeness (QED) is 0.196. The number of H-pyrrole nitrogens is 1. The molecule has 8 heteroatoms. The molecule has 3 unspecified atom stereocenters. The summed E-state index contributed by atoms with van der Waals surface area (Å²) in [6.45, 7) is 6.28. The third kappa shape index (κ3) is 6.19. The largest absolute Gasteiger partial charge is 0.390 e. The van der Waals surface area contributed by atoms with Crippen molar-refractivity contribution in [2.24, 2.45) is 0 Å². The van der Waals surface area contributed by atoms with E-state index in [-0.39, 0.29) is 18.6 Å². The summed E-state index contributed by atoms with van der Waals surface area (Å²) < 4.78 is 14.3. The molecule has 7 nitrogen and oxygen atoms in total. The van der Waals surface area contributed by atoms with Gasteiger partial charge < -0.3 is 14.6 Å². The van der Waals surface area contributed by atoms with Crippen molar-refractivity contribution in [3.63, 3.8) is 0 Å². The highest BCUT2D eigenvalue weighted by Gasteiger charge is 2.42. The Kier molecular flexibility index (Phi) is 8.24. The van der Waals surface area contributed by atoms with Gasteiger partial charge in [0.2, 0.25) is 0 Å². The van der Waals surface area contributed by atoms with Crippen LogP contribution >= 0.6 is 0 Å². The highest BCUT2D eigenvalue weighted by atomic mass is 28.3. The Bertz CT molecular complexity index is 1550. The number of ether oxygens (including phenoxy) is 2. The molecule has 3 aromatic carbocycles. The number of nitrogens with zero attached hydrogens (tertiary/aromatic N) is 1. The van der Waals surface area contributed by atoms with E-state index in [1.165, 1.54) is 10.8 Å². The van der Waals surface area contributed by atoms with Gasteiger partial charge >= 0.3 is 5.69 Å². The SMILES string of the molecule is C[Si](C)(C)C#Cc1cn(C2CC(O)C(COC(c3ccccc3)(c3ccccc3)c3ccccc3)O2)c(=O)[nH]c1=O. The molecule has 0 aliphatic carbocycles. The van der Waals surface area contributed by atoms with Crippen molar-refractivity contribution in [1.29, 1.82) is 0 Å². The van der Waals surface area contributed by atoms with E-state index in [4.69, 9.17) is 9.47 Å². The van der Waals surface area contributed by atoms with Crippen LogP contribution in [0.3, 0.4) is 0 Å². The first kappa shape index (κ1) is 28.5. The number of hydrogen-bond donors (Lipinski definition) is 2. The zero-order valence-corrected chi connectivity index (χ0v) is 24.4. The van der Waals surface area contributed by atoms with Crippen LogP contribution in [-0.2, 0) is 15.1 Å². The summed E-state index contributed by atoms with van der Waals surface area (Å²) in [5.74, 6) is 2.93. The molecule has 1 aromatic heterocycles. The summed E-state index contributed by atoms with van der Waals surface area (Å²) in [5.41, 5.74) is 4.04. The second-order valence-electron chi connectivity index (χ2n) is 11.2. The van der Waals surface area contributed by atoms with Gasteiger partial charge in [0.05, 0.1) is 12.7 Å². The summed E-state index contributed by atoms with van der Waals surface area (Å²) in [5, 5.41) is 11.0. The summed E-state index contributed by atoms with van der Waals surface area (Å²) in [6.07, 6.45) is -0.802. The molecule has 1 aliphatic rings. The maximum absolute atomic E-state index is 12.7. The predicted octanol–water partition coefficient (Wildman–Crippen LogP) is 4.42. The van der Waals surface area contributed by atoms with Gasteiger partial charge in [-0.25, -0.2) is 4.79 Å². The van der Waals surface area contributed by atoms with Crippen LogP contribution in [0.25, 0.3) is 0 Å². The maximum atomic E-state index is 12.7. The Morgan fingerprint density at radius 3 is 1.93 bits per heavy atom. The molecule has 1 aliphatic heterocycles. The first-order valence-electron chi connectivity index (χ1n) is 13.7. The Hall–Kier alpha value is -4.00. The van der Waals surface area contributed by atoms with E-state index in [1.807, 2.05) is 91.0 Å². The Morgan fingerprint density at radius 1 is 0.927 bits per heavy atom. The van der Waals surface area contributed by atoms with Crippen LogP contribution in [0.1, 0.15) is 34.9 Å². The topological polar surface area (TPSA) is 93.6 Å². The summed E-state index contributed by atoms with van der Waals surface area (Å²) in [4.78, 5) is 27.5. The van der Waals surface area contributed by atoms with Gasteiger partial charge in [-0.05, 0) is 16.7 Å².